The highest BCUT2D eigenvalue weighted by atomic mass is 16.5. The Labute approximate surface area is 115 Å². The van der Waals surface area contributed by atoms with Crippen molar-refractivity contribution in [3.05, 3.63) is 24.3 Å². The predicted molar refractivity (Wildman–Crippen MR) is 71.9 cm³/mol. The molecule has 1 heterocycles. The molecule has 20 heavy (non-hydrogen) atoms. The highest BCUT2D eigenvalue weighted by Gasteiger charge is 2.11. The number of para-hydroxylation sites is 2. The SMILES string of the molecule is CCOc1nc(NN)nc(Oc2ccccc2OC)n1. The lowest BCUT2D eigenvalue weighted by molar-refractivity contribution is 0.301. The van der Waals surface area contributed by atoms with Gasteiger partial charge in [0, 0.05) is 0 Å². The van der Waals surface area contributed by atoms with Gasteiger partial charge >= 0.3 is 12.0 Å². The van der Waals surface area contributed by atoms with Gasteiger partial charge in [-0.2, -0.15) is 9.97 Å². The summed E-state index contributed by atoms with van der Waals surface area (Å²) < 4.78 is 16.0. The van der Waals surface area contributed by atoms with E-state index in [4.69, 9.17) is 20.1 Å². The smallest absolute Gasteiger partial charge is 0.330 e. The Morgan fingerprint density at radius 1 is 1.10 bits per heavy atom. The van der Waals surface area contributed by atoms with Crippen molar-refractivity contribution in [3.63, 3.8) is 0 Å². The van der Waals surface area contributed by atoms with Crippen LogP contribution in [-0.4, -0.2) is 28.7 Å². The standard InChI is InChI=1S/C12H15N5O3/c1-3-19-11-14-10(17-13)15-12(16-11)20-9-7-5-4-6-8(9)18-2/h4-7H,3,13H2,1-2H3,(H,14,15,16,17). The van der Waals surface area contributed by atoms with E-state index in [-0.39, 0.29) is 18.0 Å². The summed E-state index contributed by atoms with van der Waals surface area (Å²) in [5.41, 5.74) is 2.33. The van der Waals surface area contributed by atoms with E-state index in [1.807, 2.05) is 19.1 Å². The van der Waals surface area contributed by atoms with Crippen molar-refractivity contribution in [2.45, 2.75) is 6.92 Å². The van der Waals surface area contributed by atoms with Gasteiger partial charge in [0.15, 0.2) is 11.5 Å². The van der Waals surface area contributed by atoms with E-state index >= 15 is 0 Å². The minimum absolute atomic E-state index is 0.0564. The first-order valence-electron chi connectivity index (χ1n) is 5.93. The largest absolute Gasteiger partial charge is 0.493 e. The summed E-state index contributed by atoms with van der Waals surface area (Å²) in [5.74, 6) is 6.48. The molecule has 0 bridgehead atoms. The van der Waals surface area contributed by atoms with Gasteiger partial charge in [0.1, 0.15) is 0 Å². The van der Waals surface area contributed by atoms with Gasteiger partial charge in [0.25, 0.3) is 0 Å². The number of hydrogen-bond acceptors (Lipinski definition) is 8. The second-order valence-corrected chi connectivity index (χ2v) is 3.55. The van der Waals surface area contributed by atoms with Gasteiger partial charge in [-0.1, -0.05) is 12.1 Å². The molecule has 2 rings (SSSR count). The molecule has 3 N–H and O–H groups in total. The van der Waals surface area contributed by atoms with Gasteiger partial charge in [0.05, 0.1) is 13.7 Å². The van der Waals surface area contributed by atoms with Crippen LogP contribution < -0.4 is 25.5 Å². The molecule has 106 valence electrons. The van der Waals surface area contributed by atoms with E-state index in [0.717, 1.165) is 0 Å². The number of aromatic nitrogens is 3. The third kappa shape index (κ3) is 3.23. The van der Waals surface area contributed by atoms with Crippen molar-refractivity contribution in [2.24, 2.45) is 5.84 Å². The Hall–Kier alpha value is -2.61. The Bertz CT molecular complexity index is 579. The van der Waals surface area contributed by atoms with Crippen molar-refractivity contribution in [3.8, 4) is 23.5 Å². The second-order valence-electron chi connectivity index (χ2n) is 3.55. The van der Waals surface area contributed by atoms with E-state index in [1.54, 1.807) is 19.2 Å². The first kappa shape index (κ1) is 13.8. The maximum atomic E-state index is 5.57. The average Bonchev–Trinajstić information content (AvgIpc) is 2.48. The molecule has 0 saturated carbocycles. The molecule has 0 unspecified atom stereocenters. The summed E-state index contributed by atoms with van der Waals surface area (Å²) in [7, 11) is 1.55. The van der Waals surface area contributed by atoms with Crippen LogP contribution in [0.25, 0.3) is 0 Å². The molecule has 0 amide bonds. The molecule has 0 radical (unpaired) electrons. The van der Waals surface area contributed by atoms with Crippen molar-refractivity contribution < 1.29 is 14.2 Å². The Morgan fingerprint density at radius 2 is 1.80 bits per heavy atom. The molecule has 8 heteroatoms. The number of nitrogen functional groups attached to an aromatic ring is 1. The molecular formula is C12H15N5O3. The quantitative estimate of drug-likeness (QED) is 0.602. The number of ether oxygens (including phenoxy) is 3. The van der Waals surface area contributed by atoms with E-state index in [9.17, 15) is 0 Å². The van der Waals surface area contributed by atoms with Crippen LogP contribution in [0.2, 0.25) is 0 Å². The molecule has 0 aliphatic heterocycles. The second kappa shape index (κ2) is 6.53. The zero-order valence-corrected chi connectivity index (χ0v) is 11.2. The minimum atomic E-state index is 0.0564. The lowest BCUT2D eigenvalue weighted by Gasteiger charge is -2.10. The fraction of sp³-hybridized carbons (Fsp3) is 0.250. The van der Waals surface area contributed by atoms with Crippen molar-refractivity contribution >= 4 is 5.95 Å². The maximum absolute atomic E-state index is 5.57. The van der Waals surface area contributed by atoms with Crippen LogP contribution in [-0.2, 0) is 0 Å². The molecular weight excluding hydrogens is 262 g/mol. The Kier molecular flexibility index (Phi) is 4.51. The number of rotatable bonds is 6. The van der Waals surface area contributed by atoms with Crippen LogP contribution in [0.1, 0.15) is 6.92 Å². The van der Waals surface area contributed by atoms with Gasteiger partial charge in [-0.05, 0) is 19.1 Å². The molecule has 2 aromatic rings. The van der Waals surface area contributed by atoms with Crippen LogP contribution in [0.4, 0.5) is 5.95 Å². The number of benzene rings is 1. The van der Waals surface area contributed by atoms with Crippen LogP contribution in [0.3, 0.4) is 0 Å². The number of nitrogens with zero attached hydrogens (tertiary/aromatic N) is 3. The fourth-order valence-corrected chi connectivity index (χ4v) is 1.44. The molecule has 0 spiro atoms. The molecule has 0 aliphatic rings. The average molecular weight is 277 g/mol. The van der Waals surface area contributed by atoms with Crippen molar-refractivity contribution in [1.82, 2.24) is 15.0 Å². The highest BCUT2D eigenvalue weighted by molar-refractivity contribution is 5.41. The molecule has 0 aliphatic carbocycles. The van der Waals surface area contributed by atoms with Gasteiger partial charge in [0.2, 0.25) is 5.95 Å². The first-order chi connectivity index (χ1) is 9.76. The Morgan fingerprint density at radius 3 is 2.45 bits per heavy atom. The van der Waals surface area contributed by atoms with Crippen LogP contribution in [0.15, 0.2) is 24.3 Å². The summed E-state index contributed by atoms with van der Waals surface area (Å²) in [6, 6.07) is 7.32. The van der Waals surface area contributed by atoms with Gasteiger partial charge < -0.3 is 14.2 Å². The first-order valence-corrected chi connectivity index (χ1v) is 5.93. The summed E-state index contributed by atoms with van der Waals surface area (Å²) in [6.45, 7) is 2.24. The predicted octanol–water partition coefficient (Wildman–Crippen LogP) is 1.36. The summed E-state index contributed by atoms with van der Waals surface area (Å²) in [5, 5.41) is 0. The molecule has 0 fully saturated rings. The zero-order valence-electron chi connectivity index (χ0n) is 11.2. The number of hydrazine groups is 1. The van der Waals surface area contributed by atoms with Gasteiger partial charge in [-0.15, -0.1) is 4.98 Å². The molecule has 1 aromatic heterocycles. The van der Waals surface area contributed by atoms with Crippen molar-refractivity contribution in [2.75, 3.05) is 19.1 Å². The summed E-state index contributed by atoms with van der Waals surface area (Å²) in [4.78, 5) is 11.9. The number of nitrogens with one attached hydrogen (secondary N) is 1. The van der Waals surface area contributed by atoms with Crippen molar-refractivity contribution in [1.29, 1.82) is 0 Å². The fourth-order valence-electron chi connectivity index (χ4n) is 1.44. The minimum Gasteiger partial charge on any atom is -0.493 e. The summed E-state index contributed by atoms with van der Waals surface area (Å²) >= 11 is 0. The maximum Gasteiger partial charge on any atom is 0.330 e. The third-order valence-corrected chi connectivity index (χ3v) is 2.27. The van der Waals surface area contributed by atoms with Crippen LogP contribution in [0.5, 0.6) is 23.5 Å². The molecule has 8 nitrogen and oxygen atoms in total. The van der Waals surface area contributed by atoms with Gasteiger partial charge in [-0.3, -0.25) is 5.43 Å². The lowest BCUT2D eigenvalue weighted by Crippen LogP contribution is -2.12. The molecule has 0 atom stereocenters. The van der Waals surface area contributed by atoms with E-state index < -0.39 is 0 Å². The molecule has 1 aromatic carbocycles. The zero-order chi connectivity index (χ0) is 14.4. The number of methoxy groups -OCH3 is 1. The van der Waals surface area contributed by atoms with Crippen LogP contribution in [0, 0.1) is 0 Å². The topological polar surface area (TPSA) is 104 Å². The third-order valence-electron chi connectivity index (χ3n) is 2.27. The lowest BCUT2D eigenvalue weighted by atomic mass is 10.3. The van der Waals surface area contributed by atoms with E-state index in [2.05, 4.69) is 20.4 Å². The highest BCUT2D eigenvalue weighted by Crippen LogP contribution is 2.29. The number of anilines is 1. The summed E-state index contributed by atoms with van der Waals surface area (Å²) in [6.07, 6.45) is 0. The van der Waals surface area contributed by atoms with E-state index in [1.165, 1.54) is 0 Å². The Balaban J connectivity index is 2.30. The van der Waals surface area contributed by atoms with Gasteiger partial charge in [-0.25, -0.2) is 5.84 Å². The monoisotopic (exact) mass is 277 g/mol. The van der Waals surface area contributed by atoms with Crippen LogP contribution >= 0.6 is 0 Å². The normalized spacial score (nSPS) is 9.95. The molecule has 0 saturated heterocycles. The van der Waals surface area contributed by atoms with E-state index in [0.29, 0.717) is 18.1 Å². The number of nitrogens with two attached hydrogens (primary N) is 1. The number of hydrogen-bond donors (Lipinski definition) is 2.